The summed E-state index contributed by atoms with van der Waals surface area (Å²) in [6, 6.07) is 26.5. The molecule has 0 saturated carbocycles. The van der Waals surface area contributed by atoms with E-state index in [-0.39, 0.29) is 11.1 Å². The topological polar surface area (TPSA) is 44.6 Å². The van der Waals surface area contributed by atoms with E-state index in [9.17, 15) is 5.11 Å². The molecule has 0 fully saturated rings. The first-order chi connectivity index (χ1) is 12.8. The fraction of sp³-hybridized carbons (Fsp3) is 0.0455. The molecule has 0 aliphatic carbocycles. The van der Waals surface area contributed by atoms with E-state index in [0.717, 1.165) is 10.6 Å². The summed E-state index contributed by atoms with van der Waals surface area (Å²) in [5.41, 5.74) is 5.27. The molecule has 5 rings (SSSR count). The van der Waals surface area contributed by atoms with E-state index in [1.807, 2.05) is 18.2 Å². The molecule has 0 saturated heterocycles. The van der Waals surface area contributed by atoms with Crippen LogP contribution in [0.1, 0.15) is 16.5 Å². The first kappa shape index (κ1) is 15.3. The van der Waals surface area contributed by atoms with E-state index in [2.05, 4.69) is 65.1 Å². The number of phenols is 1. The molecule has 0 aromatic heterocycles. The molecule has 2 N–H and O–H groups in total. The third kappa shape index (κ3) is 2.42. The highest BCUT2D eigenvalue weighted by Crippen LogP contribution is 2.42. The highest BCUT2D eigenvalue weighted by molar-refractivity contribution is 8.14. The molecule has 0 spiro atoms. The monoisotopic (exact) mass is 356 g/mol. The van der Waals surface area contributed by atoms with Crippen LogP contribution in [0.5, 0.6) is 5.75 Å². The third-order valence-electron chi connectivity index (χ3n) is 4.72. The Morgan fingerprint density at radius 2 is 1.42 bits per heavy atom. The molecule has 0 radical (unpaired) electrons. The maximum absolute atomic E-state index is 10.1. The Balaban J connectivity index is 1.65. The van der Waals surface area contributed by atoms with Crippen molar-refractivity contribution in [1.29, 1.82) is 0 Å². The van der Waals surface area contributed by atoms with Gasteiger partial charge in [0.1, 0.15) is 16.2 Å². The zero-order valence-electron chi connectivity index (χ0n) is 13.9. The average Bonchev–Trinajstić information content (AvgIpc) is 3.16. The standard InChI is InChI=1S/C22H16N2OS/c25-19-12-6-5-11-18(19)21-23-24-22(26-21)20-16-9-3-1-7-14(16)13-15-8-2-4-10-17(15)20/h1-13,22,24-25H/t22-/m0/s1. The molecular formula is C22H16N2OS. The van der Waals surface area contributed by atoms with Gasteiger partial charge in [-0.15, -0.1) is 0 Å². The van der Waals surface area contributed by atoms with Crippen LogP contribution in [-0.4, -0.2) is 10.2 Å². The van der Waals surface area contributed by atoms with Crippen LogP contribution in [0.15, 0.2) is 84.0 Å². The molecular weight excluding hydrogens is 340 g/mol. The van der Waals surface area contributed by atoms with Crippen LogP contribution >= 0.6 is 11.8 Å². The van der Waals surface area contributed by atoms with Gasteiger partial charge in [-0.05, 0) is 39.7 Å². The molecule has 4 aromatic rings. The molecule has 1 aliphatic rings. The van der Waals surface area contributed by atoms with E-state index in [0.29, 0.717) is 0 Å². The van der Waals surface area contributed by atoms with Crippen molar-refractivity contribution < 1.29 is 5.11 Å². The molecule has 26 heavy (non-hydrogen) atoms. The maximum atomic E-state index is 10.1. The molecule has 4 aromatic carbocycles. The highest BCUT2D eigenvalue weighted by atomic mass is 32.2. The van der Waals surface area contributed by atoms with Gasteiger partial charge in [-0.25, -0.2) is 0 Å². The minimum Gasteiger partial charge on any atom is -0.507 e. The number of hydrogen-bond acceptors (Lipinski definition) is 4. The molecule has 3 nitrogen and oxygen atoms in total. The number of benzene rings is 4. The SMILES string of the molecule is Oc1ccccc1C1=NN[C@H](c2c3ccccc3cc3ccccc23)S1. The third-order valence-corrected chi connectivity index (χ3v) is 5.83. The Morgan fingerprint density at radius 3 is 2.12 bits per heavy atom. The van der Waals surface area contributed by atoms with Crippen LogP contribution in [0.25, 0.3) is 21.5 Å². The Hall–Kier alpha value is -2.98. The number of nitrogens with zero attached hydrogens (tertiary/aromatic N) is 1. The van der Waals surface area contributed by atoms with Gasteiger partial charge >= 0.3 is 0 Å². The van der Waals surface area contributed by atoms with Crippen molar-refractivity contribution >= 4 is 38.4 Å². The lowest BCUT2D eigenvalue weighted by Crippen LogP contribution is -2.08. The Morgan fingerprint density at radius 1 is 0.808 bits per heavy atom. The smallest absolute Gasteiger partial charge is 0.129 e. The molecule has 1 heterocycles. The first-order valence-corrected chi connectivity index (χ1v) is 9.38. The maximum Gasteiger partial charge on any atom is 0.129 e. The number of rotatable bonds is 2. The summed E-state index contributed by atoms with van der Waals surface area (Å²) in [6.07, 6.45) is 0. The van der Waals surface area contributed by atoms with E-state index in [1.165, 1.54) is 27.1 Å². The number of para-hydroxylation sites is 1. The molecule has 0 amide bonds. The lowest BCUT2D eigenvalue weighted by atomic mass is 9.97. The summed E-state index contributed by atoms with van der Waals surface area (Å²) in [5, 5.41) is 20.4. The van der Waals surface area contributed by atoms with E-state index in [4.69, 9.17) is 0 Å². The summed E-state index contributed by atoms with van der Waals surface area (Å²) < 4.78 is 0. The fourth-order valence-corrected chi connectivity index (χ4v) is 4.62. The largest absolute Gasteiger partial charge is 0.507 e. The molecule has 0 unspecified atom stereocenters. The zero-order chi connectivity index (χ0) is 17.5. The van der Waals surface area contributed by atoms with E-state index < -0.39 is 0 Å². The number of hydrazone groups is 1. The van der Waals surface area contributed by atoms with Crippen molar-refractivity contribution in [3.63, 3.8) is 0 Å². The average molecular weight is 356 g/mol. The summed E-state index contributed by atoms with van der Waals surface area (Å²) in [5.74, 6) is 0.254. The van der Waals surface area contributed by atoms with Gasteiger partial charge < -0.3 is 5.11 Å². The van der Waals surface area contributed by atoms with E-state index >= 15 is 0 Å². The number of hydrogen-bond donors (Lipinski definition) is 2. The van der Waals surface area contributed by atoms with Crippen molar-refractivity contribution in [3.05, 3.63) is 90.0 Å². The van der Waals surface area contributed by atoms with Crippen molar-refractivity contribution in [2.45, 2.75) is 5.37 Å². The summed E-state index contributed by atoms with van der Waals surface area (Å²) in [6.45, 7) is 0. The molecule has 0 bridgehead atoms. The molecule has 4 heteroatoms. The van der Waals surface area contributed by atoms with Crippen LogP contribution < -0.4 is 5.43 Å². The summed E-state index contributed by atoms with van der Waals surface area (Å²) in [4.78, 5) is 0. The molecule has 126 valence electrons. The summed E-state index contributed by atoms with van der Waals surface area (Å²) >= 11 is 1.64. The summed E-state index contributed by atoms with van der Waals surface area (Å²) in [7, 11) is 0. The fourth-order valence-electron chi connectivity index (χ4n) is 3.51. The number of aromatic hydroxyl groups is 1. The zero-order valence-corrected chi connectivity index (χ0v) is 14.7. The van der Waals surface area contributed by atoms with Gasteiger partial charge in [-0.1, -0.05) is 72.4 Å². The Kier molecular flexibility index (Phi) is 3.57. The van der Waals surface area contributed by atoms with Crippen LogP contribution in [-0.2, 0) is 0 Å². The van der Waals surface area contributed by atoms with Gasteiger partial charge in [0.15, 0.2) is 0 Å². The Bertz CT molecular complexity index is 1120. The minimum atomic E-state index is 0.000561. The second kappa shape index (κ2) is 6.07. The second-order valence-corrected chi connectivity index (χ2v) is 7.39. The lowest BCUT2D eigenvalue weighted by molar-refractivity contribution is 0.474. The molecule has 1 atom stereocenters. The van der Waals surface area contributed by atoms with Gasteiger partial charge in [0.05, 0.1) is 5.56 Å². The highest BCUT2D eigenvalue weighted by Gasteiger charge is 2.26. The lowest BCUT2D eigenvalue weighted by Gasteiger charge is -2.16. The number of nitrogens with one attached hydrogen (secondary N) is 1. The van der Waals surface area contributed by atoms with Gasteiger partial charge in [-0.2, -0.15) is 5.10 Å². The van der Waals surface area contributed by atoms with Gasteiger partial charge in [0.25, 0.3) is 0 Å². The molecule has 1 aliphatic heterocycles. The van der Waals surface area contributed by atoms with Crippen LogP contribution in [0.4, 0.5) is 0 Å². The van der Waals surface area contributed by atoms with Gasteiger partial charge in [-0.3, -0.25) is 5.43 Å². The van der Waals surface area contributed by atoms with Crippen LogP contribution in [0.3, 0.4) is 0 Å². The Labute approximate surface area is 155 Å². The minimum absolute atomic E-state index is 0.000561. The van der Waals surface area contributed by atoms with Crippen molar-refractivity contribution in [3.8, 4) is 5.75 Å². The van der Waals surface area contributed by atoms with Gasteiger partial charge in [0, 0.05) is 5.56 Å². The predicted octanol–water partition coefficient (Wildman–Crippen LogP) is 5.40. The van der Waals surface area contributed by atoms with Crippen LogP contribution in [0, 0.1) is 0 Å². The normalized spacial score (nSPS) is 16.6. The predicted molar refractivity (Wildman–Crippen MR) is 110 cm³/mol. The van der Waals surface area contributed by atoms with Crippen LogP contribution in [0.2, 0.25) is 0 Å². The van der Waals surface area contributed by atoms with Crippen molar-refractivity contribution in [1.82, 2.24) is 5.43 Å². The second-order valence-electron chi connectivity index (χ2n) is 6.29. The van der Waals surface area contributed by atoms with Gasteiger partial charge in [0.2, 0.25) is 0 Å². The quantitative estimate of drug-likeness (QED) is 0.473. The van der Waals surface area contributed by atoms with E-state index in [1.54, 1.807) is 17.8 Å². The number of phenolic OH excluding ortho intramolecular Hbond substituents is 1. The van der Waals surface area contributed by atoms with Crippen molar-refractivity contribution in [2.24, 2.45) is 5.10 Å². The first-order valence-electron chi connectivity index (χ1n) is 8.50. The number of fused-ring (bicyclic) bond motifs is 2. The number of thioether (sulfide) groups is 1. The van der Waals surface area contributed by atoms with Crippen molar-refractivity contribution in [2.75, 3.05) is 0 Å².